The molecular weight excluding hydrogens is 501 g/mol. The summed E-state index contributed by atoms with van der Waals surface area (Å²) < 4.78 is 57.8. The topological polar surface area (TPSA) is 169 Å². The lowest BCUT2D eigenvalue weighted by Crippen LogP contribution is -2.16. The molecule has 0 rings (SSSR count). The Balaban J connectivity index is 0. The Morgan fingerprint density at radius 1 is 0.611 bits per heavy atom. The van der Waals surface area contributed by atoms with E-state index in [2.05, 4.69) is 36.8 Å². The van der Waals surface area contributed by atoms with Gasteiger partial charge in [-0.2, -0.15) is 13.2 Å². The number of halogens is 3. The Hall–Kier alpha value is -3.91. The molecule has 0 spiro atoms. The van der Waals surface area contributed by atoms with Crippen molar-refractivity contribution in [1.82, 2.24) is 0 Å². The number of ether oxygens (including phenoxy) is 5. The molecule has 0 amide bonds. The van der Waals surface area contributed by atoms with Crippen LogP contribution < -0.4 is 0 Å². The summed E-state index contributed by atoms with van der Waals surface area (Å²) in [7, 11) is 0. The van der Waals surface area contributed by atoms with Crippen LogP contribution >= 0.6 is 0 Å². The van der Waals surface area contributed by atoms with E-state index < -0.39 is 55.0 Å². The van der Waals surface area contributed by atoms with Crippen molar-refractivity contribution in [1.29, 1.82) is 0 Å². The van der Waals surface area contributed by atoms with Gasteiger partial charge in [-0.25, -0.2) is 9.59 Å². The molecule has 0 unspecified atom stereocenters. The number of carbonyl (C=O) groups is 6. The van der Waals surface area contributed by atoms with E-state index in [-0.39, 0.29) is 52.1 Å². The average molecular weight is 528 g/mol. The van der Waals surface area contributed by atoms with Crippen LogP contribution in [0.15, 0.2) is 25.3 Å². The second-order valence-electron chi connectivity index (χ2n) is 6.16. The van der Waals surface area contributed by atoms with Gasteiger partial charge < -0.3 is 28.8 Å². The highest BCUT2D eigenvalue weighted by molar-refractivity contribution is 5.81. The van der Waals surface area contributed by atoms with Crippen molar-refractivity contribution in [3.8, 4) is 0 Å². The Kier molecular flexibility index (Phi) is 19.5. The van der Waals surface area contributed by atoms with Crippen molar-refractivity contribution < 1.29 is 70.7 Å². The summed E-state index contributed by atoms with van der Waals surface area (Å²) in [6, 6.07) is 0. The van der Waals surface area contributed by atoms with Gasteiger partial charge in [-0.15, -0.1) is 0 Å². The molecule has 12 nitrogen and oxygen atoms in total. The molecule has 204 valence electrons. The molecule has 0 saturated carbocycles. The lowest BCUT2D eigenvalue weighted by Gasteiger charge is -2.07. The van der Waals surface area contributed by atoms with Gasteiger partial charge in [0.2, 0.25) is 0 Å². The Morgan fingerprint density at radius 2 is 0.944 bits per heavy atom. The minimum absolute atomic E-state index is 0.0658. The number of hydrogen-bond donors (Lipinski definition) is 1. The van der Waals surface area contributed by atoms with E-state index in [0.29, 0.717) is 0 Å². The lowest BCUT2D eigenvalue weighted by atomic mass is 10.3. The van der Waals surface area contributed by atoms with Crippen molar-refractivity contribution in [3.63, 3.8) is 0 Å². The molecule has 0 aliphatic rings. The first-order valence-corrected chi connectivity index (χ1v) is 10.1. The maximum atomic E-state index is 11.8. The highest BCUT2D eigenvalue weighted by Gasteiger charge is 2.27. The monoisotopic (exact) mass is 528 g/mol. The summed E-state index contributed by atoms with van der Waals surface area (Å²) in [6.45, 7) is 5.05. The van der Waals surface area contributed by atoms with Crippen LogP contribution in [0.1, 0.15) is 32.1 Å². The minimum Gasteiger partial charge on any atom is -0.481 e. The molecule has 0 aliphatic heterocycles. The van der Waals surface area contributed by atoms with Gasteiger partial charge in [0.25, 0.3) is 0 Å². The second kappa shape index (κ2) is 20.5. The number of carboxylic acids is 1. The summed E-state index contributed by atoms with van der Waals surface area (Å²) in [6.07, 6.45) is -4.88. The molecule has 0 aliphatic carbocycles. The molecule has 0 saturated heterocycles. The molecule has 0 bridgehead atoms. The molecule has 0 heterocycles. The van der Waals surface area contributed by atoms with Crippen molar-refractivity contribution in [2.75, 3.05) is 33.0 Å². The van der Waals surface area contributed by atoms with E-state index in [1.165, 1.54) is 0 Å². The van der Waals surface area contributed by atoms with Gasteiger partial charge in [0.15, 0.2) is 0 Å². The van der Waals surface area contributed by atoms with E-state index in [0.717, 1.165) is 12.2 Å². The van der Waals surface area contributed by atoms with E-state index >= 15 is 0 Å². The maximum absolute atomic E-state index is 11.8. The molecule has 0 atom stereocenters. The van der Waals surface area contributed by atoms with Crippen molar-refractivity contribution >= 4 is 35.8 Å². The van der Waals surface area contributed by atoms with Gasteiger partial charge in [0.1, 0.15) is 26.4 Å². The quantitative estimate of drug-likeness (QED) is 0.133. The number of rotatable bonds is 16. The largest absolute Gasteiger partial charge is 0.481 e. The average Bonchev–Trinajstić information content (AvgIpc) is 2.81. The lowest BCUT2D eigenvalue weighted by molar-refractivity contribution is -0.161. The standard InChI is InChI=1S/C12H15F3O6.C9H12O6/c1-2-9(16)20-7-8-21-11(18)4-3-10(17)19-6-5-12(13,14)15;1-2-8(12)14-5-6-15-9(13)4-3-7(10)11/h2H,1,3-8H2;2H,1,3-6H2,(H,10,11). The van der Waals surface area contributed by atoms with Gasteiger partial charge >= 0.3 is 42.0 Å². The minimum atomic E-state index is -4.40. The summed E-state index contributed by atoms with van der Waals surface area (Å²) >= 11 is 0. The van der Waals surface area contributed by atoms with Gasteiger partial charge in [-0.05, 0) is 0 Å². The number of hydrogen-bond acceptors (Lipinski definition) is 11. The van der Waals surface area contributed by atoms with Crippen molar-refractivity contribution in [3.05, 3.63) is 25.3 Å². The predicted molar refractivity (Wildman–Crippen MR) is 112 cm³/mol. The van der Waals surface area contributed by atoms with E-state index in [1.54, 1.807) is 0 Å². The van der Waals surface area contributed by atoms with Crippen molar-refractivity contribution in [2.24, 2.45) is 0 Å². The first-order valence-electron chi connectivity index (χ1n) is 10.1. The molecule has 0 fully saturated rings. The highest BCUT2D eigenvalue weighted by Crippen LogP contribution is 2.19. The fraction of sp³-hybridized carbons (Fsp3) is 0.524. The molecule has 15 heteroatoms. The third kappa shape index (κ3) is 26.3. The summed E-state index contributed by atoms with van der Waals surface area (Å²) in [4.78, 5) is 64.2. The molecular formula is C21H27F3O12. The number of alkyl halides is 3. The van der Waals surface area contributed by atoms with Gasteiger partial charge in [0, 0.05) is 12.2 Å². The van der Waals surface area contributed by atoms with E-state index in [4.69, 9.17) is 5.11 Å². The van der Waals surface area contributed by atoms with Crippen LogP contribution in [-0.4, -0.2) is 80.1 Å². The zero-order valence-electron chi connectivity index (χ0n) is 19.2. The highest BCUT2D eigenvalue weighted by atomic mass is 19.4. The fourth-order valence-corrected chi connectivity index (χ4v) is 1.62. The maximum Gasteiger partial charge on any atom is 0.392 e. The Labute approximate surface area is 203 Å². The number of carbonyl (C=O) groups excluding carboxylic acids is 5. The molecule has 0 aromatic carbocycles. The Bertz CT molecular complexity index is 762. The Morgan fingerprint density at radius 3 is 1.28 bits per heavy atom. The predicted octanol–water partition coefficient (Wildman–Crippen LogP) is 1.66. The number of carboxylic acid groups (broad SMARTS) is 1. The first kappa shape index (κ1) is 34.3. The SMILES string of the molecule is C=CC(=O)OCCOC(=O)CCC(=O)O.C=CC(=O)OCCOC(=O)CCC(=O)OCCC(F)(F)F. The fourth-order valence-electron chi connectivity index (χ4n) is 1.62. The van der Waals surface area contributed by atoms with Crippen LogP contribution in [0.25, 0.3) is 0 Å². The van der Waals surface area contributed by atoms with Crippen LogP contribution in [0.4, 0.5) is 13.2 Å². The van der Waals surface area contributed by atoms with Crippen molar-refractivity contribution in [2.45, 2.75) is 38.3 Å². The third-order valence-corrected chi connectivity index (χ3v) is 3.24. The van der Waals surface area contributed by atoms with Crippen LogP contribution in [0.5, 0.6) is 0 Å². The van der Waals surface area contributed by atoms with Gasteiger partial charge in [-0.3, -0.25) is 19.2 Å². The smallest absolute Gasteiger partial charge is 0.392 e. The first-order chi connectivity index (χ1) is 16.8. The van der Waals surface area contributed by atoms with Crippen LogP contribution in [-0.2, 0) is 52.5 Å². The molecule has 36 heavy (non-hydrogen) atoms. The molecule has 1 N–H and O–H groups in total. The zero-order chi connectivity index (χ0) is 28.0. The molecule has 0 radical (unpaired) electrons. The number of aliphatic carboxylic acids is 1. The molecule has 0 aromatic heterocycles. The normalized spacial score (nSPS) is 9.97. The third-order valence-electron chi connectivity index (χ3n) is 3.24. The molecule has 0 aromatic rings. The van der Waals surface area contributed by atoms with E-state index in [1.807, 2.05) is 0 Å². The zero-order valence-corrected chi connectivity index (χ0v) is 19.2. The summed E-state index contributed by atoms with van der Waals surface area (Å²) in [5.41, 5.74) is 0. The summed E-state index contributed by atoms with van der Waals surface area (Å²) in [5, 5.41) is 8.25. The van der Waals surface area contributed by atoms with Crippen LogP contribution in [0.3, 0.4) is 0 Å². The van der Waals surface area contributed by atoms with E-state index in [9.17, 15) is 41.9 Å². The van der Waals surface area contributed by atoms with Crippen LogP contribution in [0, 0.1) is 0 Å². The summed E-state index contributed by atoms with van der Waals surface area (Å²) in [5.74, 6) is -4.64. The number of esters is 5. The second-order valence-corrected chi connectivity index (χ2v) is 6.16. The van der Waals surface area contributed by atoms with Gasteiger partial charge in [0.05, 0.1) is 38.7 Å². The van der Waals surface area contributed by atoms with Crippen LogP contribution in [0.2, 0.25) is 0 Å². The van der Waals surface area contributed by atoms with Gasteiger partial charge in [-0.1, -0.05) is 13.2 Å².